The predicted molar refractivity (Wildman–Crippen MR) is 61.4 cm³/mol. The molecule has 1 heterocycles. The molecule has 0 aliphatic heterocycles. The fraction of sp³-hybridized carbons (Fsp3) is 0.308. The predicted octanol–water partition coefficient (Wildman–Crippen LogP) is 3.12. The van der Waals surface area contributed by atoms with E-state index in [0.717, 1.165) is 23.6 Å². The van der Waals surface area contributed by atoms with Crippen molar-refractivity contribution in [3.8, 4) is 5.75 Å². The summed E-state index contributed by atoms with van der Waals surface area (Å²) in [6.07, 6.45) is 1.04. The molecule has 3 nitrogen and oxygen atoms in total. The van der Waals surface area contributed by atoms with Crippen molar-refractivity contribution in [2.45, 2.75) is 26.9 Å². The van der Waals surface area contributed by atoms with Gasteiger partial charge >= 0.3 is 0 Å². The third-order valence-corrected chi connectivity index (χ3v) is 2.40. The van der Waals surface area contributed by atoms with Crippen molar-refractivity contribution in [2.24, 2.45) is 0 Å². The molecule has 2 aromatic rings. The normalized spacial score (nSPS) is 10.4. The first kappa shape index (κ1) is 10.7. The fourth-order valence-electron chi connectivity index (χ4n) is 1.46. The van der Waals surface area contributed by atoms with Crippen molar-refractivity contribution in [3.05, 3.63) is 47.3 Å². The van der Waals surface area contributed by atoms with Gasteiger partial charge in [-0.25, -0.2) is 0 Å². The SMILES string of the molecule is CCc1ccc(OCc2cc(C)on2)cc1. The number of ether oxygens (including phenoxy) is 1. The molecule has 0 unspecified atom stereocenters. The van der Waals surface area contributed by atoms with Crippen LogP contribution in [-0.4, -0.2) is 5.16 Å². The number of aryl methyl sites for hydroxylation is 2. The molecule has 0 bridgehead atoms. The van der Waals surface area contributed by atoms with E-state index in [9.17, 15) is 0 Å². The Labute approximate surface area is 95.0 Å². The summed E-state index contributed by atoms with van der Waals surface area (Å²) in [5, 5.41) is 3.86. The van der Waals surface area contributed by atoms with E-state index in [0.29, 0.717) is 6.61 Å². The van der Waals surface area contributed by atoms with Crippen LogP contribution in [0.2, 0.25) is 0 Å². The molecule has 0 amide bonds. The summed E-state index contributed by atoms with van der Waals surface area (Å²) >= 11 is 0. The molecular formula is C13H15NO2. The largest absolute Gasteiger partial charge is 0.487 e. The minimum absolute atomic E-state index is 0.447. The zero-order chi connectivity index (χ0) is 11.4. The topological polar surface area (TPSA) is 35.3 Å². The first-order chi connectivity index (χ1) is 7.78. The smallest absolute Gasteiger partial charge is 0.134 e. The summed E-state index contributed by atoms with van der Waals surface area (Å²) in [4.78, 5) is 0. The summed E-state index contributed by atoms with van der Waals surface area (Å²) in [5.41, 5.74) is 2.13. The Balaban J connectivity index is 1.94. The van der Waals surface area contributed by atoms with Gasteiger partial charge in [0.25, 0.3) is 0 Å². The minimum atomic E-state index is 0.447. The van der Waals surface area contributed by atoms with Crippen molar-refractivity contribution < 1.29 is 9.26 Å². The molecule has 0 aliphatic rings. The second-order valence-corrected chi connectivity index (χ2v) is 3.72. The molecule has 1 aromatic heterocycles. The van der Waals surface area contributed by atoms with Crippen LogP contribution in [0.25, 0.3) is 0 Å². The fourth-order valence-corrected chi connectivity index (χ4v) is 1.46. The number of benzene rings is 1. The van der Waals surface area contributed by atoms with Crippen LogP contribution in [0.4, 0.5) is 0 Å². The number of hydrogen-bond donors (Lipinski definition) is 0. The Morgan fingerprint density at radius 1 is 1.25 bits per heavy atom. The van der Waals surface area contributed by atoms with Gasteiger partial charge in [0, 0.05) is 6.07 Å². The average molecular weight is 217 g/mol. The second kappa shape index (κ2) is 4.84. The summed E-state index contributed by atoms with van der Waals surface area (Å²) in [7, 11) is 0. The second-order valence-electron chi connectivity index (χ2n) is 3.72. The zero-order valence-corrected chi connectivity index (χ0v) is 9.56. The van der Waals surface area contributed by atoms with E-state index in [1.54, 1.807) is 0 Å². The van der Waals surface area contributed by atoms with E-state index in [1.807, 2.05) is 25.1 Å². The van der Waals surface area contributed by atoms with Crippen LogP contribution in [0.5, 0.6) is 5.75 Å². The van der Waals surface area contributed by atoms with Crippen LogP contribution in [0.1, 0.15) is 23.9 Å². The molecular weight excluding hydrogens is 202 g/mol. The maximum absolute atomic E-state index is 5.58. The van der Waals surface area contributed by atoms with Crippen LogP contribution in [0.3, 0.4) is 0 Å². The van der Waals surface area contributed by atoms with Gasteiger partial charge in [0.05, 0.1) is 0 Å². The first-order valence-corrected chi connectivity index (χ1v) is 5.42. The van der Waals surface area contributed by atoms with E-state index in [1.165, 1.54) is 5.56 Å². The Kier molecular flexibility index (Phi) is 3.25. The van der Waals surface area contributed by atoms with Gasteiger partial charge in [0.1, 0.15) is 23.8 Å². The van der Waals surface area contributed by atoms with E-state index in [-0.39, 0.29) is 0 Å². The quantitative estimate of drug-likeness (QED) is 0.789. The highest BCUT2D eigenvalue weighted by molar-refractivity contribution is 5.27. The molecule has 0 saturated carbocycles. The number of hydrogen-bond acceptors (Lipinski definition) is 3. The Morgan fingerprint density at radius 2 is 2.00 bits per heavy atom. The van der Waals surface area contributed by atoms with Crippen molar-refractivity contribution in [1.82, 2.24) is 5.16 Å². The Hall–Kier alpha value is -1.77. The highest BCUT2D eigenvalue weighted by atomic mass is 16.5. The molecule has 84 valence electrons. The lowest BCUT2D eigenvalue weighted by molar-refractivity contribution is 0.288. The zero-order valence-electron chi connectivity index (χ0n) is 9.56. The molecule has 0 aliphatic carbocycles. The number of nitrogens with zero attached hydrogens (tertiary/aromatic N) is 1. The van der Waals surface area contributed by atoms with Crippen molar-refractivity contribution in [2.75, 3.05) is 0 Å². The Bertz CT molecular complexity index is 445. The summed E-state index contributed by atoms with van der Waals surface area (Å²) < 4.78 is 10.5. The third kappa shape index (κ3) is 2.63. The van der Waals surface area contributed by atoms with E-state index in [4.69, 9.17) is 9.26 Å². The molecule has 3 heteroatoms. The van der Waals surface area contributed by atoms with Gasteiger partial charge < -0.3 is 9.26 Å². The molecule has 1 aromatic carbocycles. The lowest BCUT2D eigenvalue weighted by atomic mass is 10.2. The van der Waals surface area contributed by atoms with Crippen molar-refractivity contribution in [1.29, 1.82) is 0 Å². The number of rotatable bonds is 4. The minimum Gasteiger partial charge on any atom is -0.487 e. The van der Waals surface area contributed by atoms with Crippen LogP contribution < -0.4 is 4.74 Å². The van der Waals surface area contributed by atoms with Crippen LogP contribution in [0, 0.1) is 6.92 Å². The van der Waals surface area contributed by atoms with E-state index >= 15 is 0 Å². The monoisotopic (exact) mass is 217 g/mol. The van der Waals surface area contributed by atoms with Gasteiger partial charge in [-0.2, -0.15) is 0 Å². The van der Waals surface area contributed by atoms with Gasteiger partial charge in [0.15, 0.2) is 0 Å². The first-order valence-electron chi connectivity index (χ1n) is 5.42. The molecule has 0 spiro atoms. The third-order valence-electron chi connectivity index (χ3n) is 2.40. The lowest BCUT2D eigenvalue weighted by Crippen LogP contribution is -1.95. The van der Waals surface area contributed by atoms with Gasteiger partial charge in [-0.05, 0) is 31.0 Å². The summed E-state index contributed by atoms with van der Waals surface area (Å²) in [6.45, 7) is 4.45. The maximum atomic E-state index is 5.58. The highest BCUT2D eigenvalue weighted by Gasteiger charge is 2.01. The highest BCUT2D eigenvalue weighted by Crippen LogP contribution is 2.14. The van der Waals surface area contributed by atoms with Crippen LogP contribution in [-0.2, 0) is 13.0 Å². The molecule has 16 heavy (non-hydrogen) atoms. The molecule has 0 saturated heterocycles. The summed E-state index contributed by atoms with van der Waals surface area (Å²) in [6, 6.07) is 9.98. The number of aromatic nitrogens is 1. The van der Waals surface area contributed by atoms with Crippen molar-refractivity contribution >= 4 is 0 Å². The van der Waals surface area contributed by atoms with Gasteiger partial charge in [-0.15, -0.1) is 0 Å². The molecule has 0 atom stereocenters. The standard InChI is InChI=1S/C13H15NO2/c1-3-11-4-6-13(7-5-11)15-9-12-8-10(2)16-14-12/h4-8H,3,9H2,1-2H3. The lowest BCUT2D eigenvalue weighted by Gasteiger charge is -2.04. The average Bonchev–Trinajstić information content (AvgIpc) is 2.73. The van der Waals surface area contributed by atoms with Crippen molar-refractivity contribution in [3.63, 3.8) is 0 Å². The molecule has 2 rings (SSSR count). The van der Waals surface area contributed by atoms with Gasteiger partial charge in [-0.3, -0.25) is 0 Å². The molecule has 0 N–H and O–H groups in total. The van der Waals surface area contributed by atoms with E-state index < -0.39 is 0 Å². The maximum Gasteiger partial charge on any atom is 0.134 e. The molecule has 0 radical (unpaired) electrons. The van der Waals surface area contributed by atoms with Gasteiger partial charge in [-0.1, -0.05) is 24.2 Å². The summed E-state index contributed by atoms with van der Waals surface area (Å²) in [5.74, 6) is 1.66. The van der Waals surface area contributed by atoms with Crippen LogP contribution in [0.15, 0.2) is 34.9 Å². The molecule has 0 fully saturated rings. The van der Waals surface area contributed by atoms with E-state index in [2.05, 4.69) is 24.2 Å². The van der Waals surface area contributed by atoms with Crippen LogP contribution >= 0.6 is 0 Å². The Morgan fingerprint density at radius 3 is 2.56 bits per heavy atom. The van der Waals surface area contributed by atoms with Gasteiger partial charge in [0.2, 0.25) is 0 Å².